The molecule has 0 saturated carbocycles. The standard InChI is InChI=1S/C25H28FN5OS/c1-16-11-17(2)31(29-16)10-4-9-30-15-28-24-23(25(30)32)21-8-7-20(13-22(21)33-24)27-14-18-5-3-6-19(26)12-18/h3,5-6,11-12,15,20,27H,4,7-10,13-14H2,1-2H3/t20-/m0/s1. The summed E-state index contributed by atoms with van der Waals surface area (Å²) in [5.41, 5.74) is 4.34. The Morgan fingerprint density at radius 3 is 2.91 bits per heavy atom. The van der Waals surface area contributed by atoms with E-state index in [1.54, 1.807) is 34.4 Å². The maximum atomic E-state index is 13.4. The summed E-state index contributed by atoms with van der Waals surface area (Å²) in [5.74, 6) is -0.207. The summed E-state index contributed by atoms with van der Waals surface area (Å²) in [7, 11) is 0. The van der Waals surface area contributed by atoms with E-state index in [1.807, 2.05) is 17.7 Å². The Balaban J connectivity index is 1.27. The van der Waals surface area contributed by atoms with Gasteiger partial charge in [0.15, 0.2) is 0 Å². The van der Waals surface area contributed by atoms with Gasteiger partial charge in [0.2, 0.25) is 0 Å². The third-order valence-electron chi connectivity index (χ3n) is 6.39. The summed E-state index contributed by atoms with van der Waals surface area (Å²) in [5, 5.41) is 8.85. The summed E-state index contributed by atoms with van der Waals surface area (Å²) >= 11 is 1.64. The molecule has 0 fully saturated rings. The quantitative estimate of drug-likeness (QED) is 0.445. The minimum atomic E-state index is -0.207. The molecule has 0 spiro atoms. The molecule has 5 rings (SSSR count). The van der Waals surface area contributed by atoms with Crippen LogP contribution in [-0.2, 0) is 32.5 Å². The minimum absolute atomic E-state index is 0.0667. The third-order valence-corrected chi connectivity index (χ3v) is 7.55. The molecule has 4 aromatic rings. The van der Waals surface area contributed by atoms with Gasteiger partial charge in [0, 0.05) is 36.2 Å². The molecule has 3 heterocycles. The number of nitrogens with zero attached hydrogens (tertiary/aromatic N) is 4. The molecule has 1 aromatic carbocycles. The van der Waals surface area contributed by atoms with E-state index >= 15 is 0 Å². The highest BCUT2D eigenvalue weighted by molar-refractivity contribution is 7.18. The number of hydrogen-bond acceptors (Lipinski definition) is 5. The van der Waals surface area contributed by atoms with Crippen LogP contribution in [0, 0.1) is 19.7 Å². The number of aryl methyl sites for hydroxylation is 5. The third kappa shape index (κ3) is 4.63. The predicted octanol–water partition coefficient (Wildman–Crippen LogP) is 4.15. The predicted molar refractivity (Wildman–Crippen MR) is 129 cm³/mol. The number of thiophene rings is 1. The average Bonchev–Trinajstić information content (AvgIpc) is 3.32. The van der Waals surface area contributed by atoms with Gasteiger partial charge in [0.1, 0.15) is 10.6 Å². The van der Waals surface area contributed by atoms with Gasteiger partial charge in [0.25, 0.3) is 5.56 Å². The Labute approximate surface area is 196 Å². The number of fused-ring (bicyclic) bond motifs is 3. The first-order valence-electron chi connectivity index (χ1n) is 11.5. The lowest BCUT2D eigenvalue weighted by Crippen LogP contribution is -2.33. The van der Waals surface area contributed by atoms with Crippen LogP contribution in [0.3, 0.4) is 0 Å². The molecular formula is C25H28FN5OS. The summed E-state index contributed by atoms with van der Waals surface area (Å²) in [6.45, 7) is 6.10. The first-order chi connectivity index (χ1) is 16.0. The van der Waals surface area contributed by atoms with Crippen LogP contribution in [0.25, 0.3) is 10.2 Å². The molecule has 1 aliphatic rings. The van der Waals surface area contributed by atoms with E-state index in [1.165, 1.54) is 16.5 Å². The first-order valence-corrected chi connectivity index (χ1v) is 12.3. The largest absolute Gasteiger partial charge is 0.310 e. The Morgan fingerprint density at radius 2 is 2.12 bits per heavy atom. The van der Waals surface area contributed by atoms with Crippen molar-refractivity contribution in [2.75, 3.05) is 0 Å². The van der Waals surface area contributed by atoms with Gasteiger partial charge < -0.3 is 5.32 Å². The van der Waals surface area contributed by atoms with Crippen molar-refractivity contribution < 1.29 is 4.39 Å². The van der Waals surface area contributed by atoms with E-state index in [-0.39, 0.29) is 11.4 Å². The zero-order chi connectivity index (χ0) is 22.9. The Kier molecular flexibility index (Phi) is 6.12. The first kappa shape index (κ1) is 22.0. The summed E-state index contributed by atoms with van der Waals surface area (Å²) in [4.78, 5) is 20.0. The Hall–Kier alpha value is -2.84. The van der Waals surface area contributed by atoms with E-state index in [0.29, 0.717) is 19.1 Å². The molecule has 0 amide bonds. The van der Waals surface area contributed by atoms with Gasteiger partial charge in [-0.3, -0.25) is 14.0 Å². The molecule has 172 valence electrons. The normalized spacial score (nSPS) is 15.8. The smallest absolute Gasteiger partial charge is 0.262 e. The van der Waals surface area contributed by atoms with Gasteiger partial charge in [-0.25, -0.2) is 9.37 Å². The molecule has 0 unspecified atom stereocenters. The van der Waals surface area contributed by atoms with Crippen molar-refractivity contribution in [3.63, 3.8) is 0 Å². The van der Waals surface area contributed by atoms with Crippen LogP contribution in [0.4, 0.5) is 4.39 Å². The fourth-order valence-corrected chi connectivity index (χ4v) is 5.99. The number of nitrogens with one attached hydrogen (secondary N) is 1. The fraction of sp³-hybridized carbons (Fsp3) is 0.400. The zero-order valence-corrected chi connectivity index (χ0v) is 19.8. The van der Waals surface area contributed by atoms with Crippen molar-refractivity contribution in [1.29, 1.82) is 0 Å². The lowest BCUT2D eigenvalue weighted by atomic mass is 9.93. The van der Waals surface area contributed by atoms with Crippen LogP contribution < -0.4 is 10.9 Å². The molecule has 3 aromatic heterocycles. The molecule has 0 saturated heterocycles. The van der Waals surface area contributed by atoms with Gasteiger partial charge in [-0.05, 0) is 68.9 Å². The van der Waals surface area contributed by atoms with E-state index in [2.05, 4.69) is 28.4 Å². The molecule has 0 aliphatic heterocycles. The number of benzene rings is 1. The number of rotatable bonds is 7. The second-order valence-corrected chi connectivity index (χ2v) is 9.97. The van der Waals surface area contributed by atoms with E-state index in [4.69, 9.17) is 0 Å². The minimum Gasteiger partial charge on any atom is -0.310 e. The zero-order valence-electron chi connectivity index (χ0n) is 19.0. The maximum absolute atomic E-state index is 13.4. The lowest BCUT2D eigenvalue weighted by Gasteiger charge is -2.23. The molecule has 8 heteroatoms. The molecule has 6 nitrogen and oxygen atoms in total. The van der Waals surface area contributed by atoms with Crippen LogP contribution >= 0.6 is 11.3 Å². The molecule has 33 heavy (non-hydrogen) atoms. The molecule has 0 radical (unpaired) electrons. The number of hydrogen-bond donors (Lipinski definition) is 1. The molecule has 1 aliphatic carbocycles. The maximum Gasteiger partial charge on any atom is 0.262 e. The Morgan fingerprint density at radius 1 is 1.24 bits per heavy atom. The van der Waals surface area contributed by atoms with Crippen molar-refractivity contribution in [2.45, 2.75) is 65.2 Å². The van der Waals surface area contributed by atoms with Crippen molar-refractivity contribution in [1.82, 2.24) is 24.6 Å². The summed E-state index contributed by atoms with van der Waals surface area (Å²) in [6.07, 6.45) is 5.22. The second kappa shape index (κ2) is 9.19. The second-order valence-electron chi connectivity index (χ2n) is 8.88. The van der Waals surface area contributed by atoms with Crippen LogP contribution in [0.1, 0.15) is 40.2 Å². The van der Waals surface area contributed by atoms with E-state index < -0.39 is 0 Å². The van der Waals surface area contributed by atoms with Crippen molar-refractivity contribution in [2.24, 2.45) is 0 Å². The van der Waals surface area contributed by atoms with Crippen LogP contribution in [-0.4, -0.2) is 25.4 Å². The number of halogens is 1. The number of aromatic nitrogens is 4. The van der Waals surface area contributed by atoms with Gasteiger partial charge in [0.05, 0.1) is 17.4 Å². The topological polar surface area (TPSA) is 64.7 Å². The molecule has 1 N–H and O–H groups in total. The van der Waals surface area contributed by atoms with Crippen LogP contribution in [0.2, 0.25) is 0 Å². The molecule has 0 bridgehead atoms. The highest BCUT2D eigenvalue weighted by Crippen LogP contribution is 2.33. The molecular weight excluding hydrogens is 437 g/mol. The molecule has 1 atom stereocenters. The monoisotopic (exact) mass is 465 g/mol. The Bertz CT molecular complexity index is 1350. The van der Waals surface area contributed by atoms with Crippen molar-refractivity contribution in [3.05, 3.63) is 80.2 Å². The SMILES string of the molecule is Cc1cc(C)n(CCCn2cnc3sc4c(c3c2=O)CC[C@H](NCc2cccc(F)c2)C4)n1. The van der Waals surface area contributed by atoms with Crippen molar-refractivity contribution >= 4 is 21.6 Å². The fourth-order valence-electron chi connectivity index (χ4n) is 4.74. The van der Waals surface area contributed by atoms with Gasteiger partial charge in [-0.15, -0.1) is 11.3 Å². The average molecular weight is 466 g/mol. The van der Waals surface area contributed by atoms with Gasteiger partial charge >= 0.3 is 0 Å². The van der Waals surface area contributed by atoms with Crippen LogP contribution in [0.15, 0.2) is 41.5 Å². The summed E-state index contributed by atoms with van der Waals surface area (Å²) < 4.78 is 17.2. The van der Waals surface area contributed by atoms with E-state index in [9.17, 15) is 9.18 Å². The summed E-state index contributed by atoms with van der Waals surface area (Å²) in [6, 6.07) is 9.10. The highest BCUT2D eigenvalue weighted by atomic mass is 32.1. The highest BCUT2D eigenvalue weighted by Gasteiger charge is 2.25. The van der Waals surface area contributed by atoms with Gasteiger partial charge in [-0.2, -0.15) is 5.10 Å². The van der Waals surface area contributed by atoms with Crippen LogP contribution in [0.5, 0.6) is 0 Å². The van der Waals surface area contributed by atoms with E-state index in [0.717, 1.165) is 59.4 Å². The van der Waals surface area contributed by atoms with Gasteiger partial charge in [-0.1, -0.05) is 12.1 Å². The van der Waals surface area contributed by atoms with Crippen molar-refractivity contribution in [3.8, 4) is 0 Å². The lowest BCUT2D eigenvalue weighted by molar-refractivity contribution is 0.462.